The van der Waals surface area contributed by atoms with Crippen LogP contribution in [0.2, 0.25) is 0 Å². The van der Waals surface area contributed by atoms with E-state index >= 15 is 8.78 Å². The van der Waals surface area contributed by atoms with Gasteiger partial charge < -0.3 is 31.2 Å². The molecule has 39 heavy (non-hydrogen) atoms. The zero-order chi connectivity index (χ0) is 29.2. The topological polar surface area (TPSA) is 163 Å². The van der Waals surface area contributed by atoms with Gasteiger partial charge in [-0.3, -0.25) is 0 Å². The van der Waals surface area contributed by atoms with Crippen molar-refractivity contribution in [2.45, 2.75) is 45.4 Å². The first kappa shape index (κ1) is 28.4. The van der Waals surface area contributed by atoms with E-state index < -0.39 is 56.4 Å². The van der Waals surface area contributed by atoms with Gasteiger partial charge in [0.1, 0.15) is 35.4 Å². The number of nitrogen functional groups attached to an aromatic ring is 2. The van der Waals surface area contributed by atoms with Gasteiger partial charge in [-0.05, 0) is 36.4 Å². The number of phenols is 2. The first-order valence-electron chi connectivity index (χ1n) is 11.5. The molecular weight excluding hydrogens is 632 g/mol. The van der Waals surface area contributed by atoms with Gasteiger partial charge in [0.2, 0.25) is 5.75 Å². The molecule has 2 aromatic heterocycles. The Labute approximate surface area is 234 Å². The van der Waals surface area contributed by atoms with Gasteiger partial charge in [0.05, 0.1) is 32.4 Å². The van der Waals surface area contributed by atoms with E-state index in [-0.39, 0.29) is 50.1 Å². The van der Waals surface area contributed by atoms with E-state index in [2.05, 4.69) is 19.9 Å². The second-order valence-corrected chi connectivity index (χ2v) is 11.6. The van der Waals surface area contributed by atoms with Crippen LogP contribution in [-0.2, 0) is 10.8 Å². The highest BCUT2D eigenvalue weighted by molar-refractivity contribution is 14.1. The first-order chi connectivity index (χ1) is 18.0. The van der Waals surface area contributed by atoms with Gasteiger partial charge in [-0.15, -0.1) is 0 Å². The Bertz CT molecular complexity index is 1660. The first-order valence-corrected chi connectivity index (χ1v) is 12.6. The van der Waals surface area contributed by atoms with Crippen LogP contribution in [0.5, 0.6) is 23.0 Å². The van der Waals surface area contributed by atoms with E-state index in [0.29, 0.717) is 0 Å². The smallest absolute Gasteiger partial charge is 0.202 e. The van der Waals surface area contributed by atoms with E-state index in [1.165, 1.54) is 7.11 Å². The molecule has 2 aromatic carbocycles. The third kappa shape index (κ3) is 4.63. The van der Waals surface area contributed by atoms with Crippen LogP contribution in [0.15, 0.2) is 0 Å². The number of fused-ring (bicyclic) bond motifs is 2. The van der Waals surface area contributed by atoms with Gasteiger partial charge in [-0.25, -0.2) is 33.1 Å². The number of aromatic nitrogens is 4. The molecule has 6 N–H and O–H groups in total. The number of methoxy groups -OCH3 is 1. The van der Waals surface area contributed by atoms with Gasteiger partial charge in [-0.1, -0.05) is 20.8 Å². The van der Waals surface area contributed by atoms with Crippen LogP contribution >= 0.6 is 22.6 Å². The summed E-state index contributed by atoms with van der Waals surface area (Å²) in [7, 11) is 1.26. The maximum Gasteiger partial charge on any atom is 0.202 e. The Balaban J connectivity index is 1.80. The molecule has 0 aliphatic rings. The largest absolute Gasteiger partial charge is 0.502 e. The Kier molecular flexibility index (Phi) is 6.98. The van der Waals surface area contributed by atoms with Gasteiger partial charge in [0.25, 0.3) is 0 Å². The van der Waals surface area contributed by atoms with Crippen LogP contribution in [0.3, 0.4) is 0 Å². The predicted octanol–water partition coefficient (Wildman–Crippen LogP) is 4.83. The minimum Gasteiger partial charge on any atom is -0.502 e. The predicted molar refractivity (Wildman–Crippen MR) is 148 cm³/mol. The molecule has 0 saturated heterocycles. The lowest BCUT2D eigenvalue weighted by Gasteiger charge is -2.25. The van der Waals surface area contributed by atoms with Gasteiger partial charge in [0, 0.05) is 5.41 Å². The van der Waals surface area contributed by atoms with E-state index in [9.17, 15) is 14.6 Å². The van der Waals surface area contributed by atoms with Crippen LogP contribution < -0.4 is 20.9 Å². The van der Waals surface area contributed by atoms with Crippen molar-refractivity contribution in [1.82, 2.24) is 19.9 Å². The number of anilines is 2. The van der Waals surface area contributed by atoms with Crippen LogP contribution in [0.25, 0.3) is 21.8 Å². The van der Waals surface area contributed by atoms with Crippen molar-refractivity contribution in [2.75, 3.05) is 25.2 Å². The number of aromatic hydroxyl groups is 2. The van der Waals surface area contributed by atoms with Crippen LogP contribution in [-0.4, -0.2) is 43.9 Å². The van der Waals surface area contributed by atoms with Crippen LogP contribution in [0.4, 0.5) is 24.8 Å². The van der Waals surface area contributed by atoms with Crippen molar-refractivity contribution in [2.24, 2.45) is 0 Å². The fourth-order valence-electron chi connectivity index (χ4n) is 3.84. The number of nitrogens with zero attached hydrogens (tertiary/aromatic N) is 4. The summed E-state index contributed by atoms with van der Waals surface area (Å²) in [6.45, 7) is 8.22. The molecule has 0 amide bonds. The lowest BCUT2D eigenvalue weighted by molar-refractivity contribution is 0.215. The number of benzene rings is 2. The molecule has 4 rings (SSSR count). The SMILES string of the molecule is COc1c(O)c(F)c2c(N)nc(C(C)(C)COc3c(O)c(F)c4c(N)nc(C(C)(C)C)nc4c3F)nc2c1I. The van der Waals surface area contributed by atoms with E-state index in [4.69, 9.17) is 20.9 Å². The maximum atomic E-state index is 15.6. The Hall–Kier alpha value is -3.56. The minimum absolute atomic E-state index is 0.0697. The number of halogens is 4. The van der Waals surface area contributed by atoms with Crippen molar-refractivity contribution in [1.29, 1.82) is 0 Å². The molecule has 0 unspecified atom stereocenters. The molecule has 14 heteroatoms. The number of hydrogen-bond donors (Lipinski definition) is 4. The fourth-order valence-corrected chi connectivity index (χ4v) is 4.70. The molecule has 10 nitrogen and oxygen atoms in total. The summed E-state index contributed by atoms with van der Waals surface area (Å²) in [6.07, 6.45) is 0. The molecule has 4 aromatic rings. The lowest BCUT2D eigenvalue weighted by atomic mass is 9.93. The number of ether oxygens (including phenoxy) is 2. The summed E-state index contributed by atoms with van der Waals surface area (Å²) in [6, 6.07) is 0. The quantitative estimate of drug-likeness (QED) is 0.219. The number of hydrogen-bond acceptors (Lipinski definition) is 10. The van der Waals surface area contributed by atoms with Crippen molar-refractivity contribution in [3.8, 4) is 23.0 Å². The highest BCUT2D eigenvalue weighted by Crippen LogP contribution is 2.43. The zero-order valence-corrected chi connectivity index (χ0v) is 24.0. The molecule has 0 bridgehead atoms. The number of rotatable bonds is 5. The number of nitrogens with two attached hydrogens (primary N) is 2. The van der Waals surface area contributed by atoms with Crippen LogP contribution in [0, 0.1) is 21.0 Å². The second kappa shape index (κ2) is 9.57. The van der Waals surface area contributed by atoms with Crippen molar-refractivity contribution in [3.05, 3.63) is 32.7 Å². The highest BCUT2D eigenvalue weighted by Gasteiger charge is 2.32. The molecule has 0 saturated carbocycles. The summed E-state index contributed by atoms with van der Waals surface area (Å²) in [4.78, 5) is 16.8. The third-order valence-electron chi connectivity index (χ3n) is 6.03. The summed E-state index contributed by atoms with van der Waals surface area (Å²) < 4.78 is 56.5. The molecule has 208 valence electrons. The van der Waals surface area contributed by atoms with Crippen molar-refractivity contribution in [3.63, 3.8) is 0 Å². The minimum atomic E-state index is -1.24. The fraction of sp³-hybridized carbons (Fsp3) is 0.360. The maximum absolute atomic E-state index is 15.6. The summed E-state index contributed by atoms with van der Waals surface area (Å²) >= 11 is 1.83. The van der Waals surface area contributed by atoms with Crippen LogP contribution in [0.1, 0.15) is 46.3 Å². The van der Waals surface area contributed by atoms with Gasteiger partial charge >= 0.3 is 0 Å². The average Bonchev–Trinajstić information content (AvgIpc) is 2.85. The Morgan fingerprint density at radius 3 is 1.79 bits per heavy atom. The summed E-state index contributed by atoms with van der Waals surface area (Å²) in [5.74, 6) is -6.51. The molecule has 0 aliphatic carbocycles. The van der Waals surface area contributed by atoms with Gasteiger partial charge in [-0.2, -0.15) is 0 Å². The molecule has 2 heterocycles. The van der Waals surface area contributed by atoms with E-state index in [1.54, 1.807) is 34.6 Å². The lowest BCUT2D eigenvalue weighted by Crippen LogP contribution is -2.29. The molecule has 0 radical (unpaired) electrons. The average molecular weight is 658 g/mol. The molecule has 0 aliphatic heterocycles. The molecule has 0 fully saturated rings. The second-order valence-electron chi connectivity index (χ2n) is 10.6. The number of phenolic OH excluding ortho intramolecular Hbond substituents is 2. The molecule has 0 spiro atoms. The van der Waals surface area contributed by atoms with E-state index in [0.717, 1.165) is 0 Å². The van der Waals surface area contributed by atoms with Crippen molar-refractivity contribution >= 4 is 56.0 Å². The highest BCUT2D eigenvalue weighted by atomic mass is 127. The monoisotopic (exact) mass is 658 g/mol. The van der Waals surface area contributed by atoms with Crippen molar-refractivity contribution < 1.29 is 32.9 Å². The Morgan fingerprint density at radius 1 is 0.769 bits per heavy atom. The van der Waals surface area contributed by atoms with Gasteiger partial charge in [0.15, 0.2) is 34.7 Å². The zero-order valence-electron chi connectivity index (χ0n) is 21.9. The molecule has 0 atom stereocenters. The Morgan fingerprint density at radius 2 is 1.26 bits per heavy atom. The standard InChI is InChI=1S/C25H26F3IN6O4/c1-24(2,3)22-32-14-8(20(30)34-22)10(26)16(36)18(12(14)28)39-7-25(4,5)23-33-15-9(21(31)35-23)11(27)17(37)19(38-6)13(15)29/h36-37H,7H2,1-6H3,(H2,30,32,34)(H2,31,33,35). The summed E-state index contributed by atoms with van der Waals surface area (Å²) in [5.41, 5.74) is 9.78. The normalized spacial score (nSPS) is 12.4. The third-order valence-corrected chi connectivity index (χ3v) is 7.03. The molecular formula is C25H26F3IN6O4. The van der Waals surface area contributed by atoms with E-state index in [1.807, 2.05) is 22.6 Å². The summed E-state index contributed by atoms with van der Waals surface area (Å²) in [5, 5.41) is 19.9.